The van der Waals surface area contributed by atoms with E-state index in [1.807, 2.05) is 13.0 Å². The molecule has 0 heterocycles. The first-order valence-electron chi connectivity index (χ1n) is 8.35. The topological polar surface area (TPSA) is 55.1 Å². The smallest absolute Gasteiger partial charge is 0.223 e. The average Bonchev–Trinajstić information content (AvgIpc) is 2.53. The summed E-state index contributed by atoms with van der Waals surface area (Å²) in [5.41, 5.74) is 6.75. The summed E-state index contributed by atoms with van der Waals surface area (Å²) in [6.07, 6.45) is 5.97. The third-order valence-corrected chi connectivity index (χ3v) is 4.74. The van der Waals surface area contributed by atoms with Gasteiger partial charge in [-0.2, -0.15) is 0 Å². The van der Waals surface area contributed by atoms with Crippen LogP contribution in [0.2, 0.25) is 0 Å². The second-order valence-electron chi connectivity index (χ2n) is 6.46. The highest BCUT2D eigenvalue weighted by Crippen LogP contribution is 2.24. The number of aryl methyl sites for hydroxylation is 1. The molecular formula is C18H28ClFN2O. The van der Waals surface area contributed by atoms with Gasteiger partial charge in [-0.3, -0.25) is 4.79 Å². The summed E-state index contributed by atoms with van der Waals surface area (Å²) in [5.74, 6) is 0.223. The number of carbonyl (C=O) groups excluding carboxylic acids is 1. The maximum atomic E-state index is 13.2. The van der Waals surface area contributed by atoms with Crippen LogP contribution in [0.15, 0.2) is 24.3 Å². The molecule has 0 bridgehead atoms. The first kappa shape index (κ1) is 19.9. The normalized spacial score (nSPS) is 22.0. The molecule has 1 saturated carbocycles. The third-order valence-electron chi connectivity index (χ3n) is 4.74. The fourth-order valence-corrected chi connectivity index (χ4v) is 3.21. The summed E-state index contributed by atoms with van der Waals surface area (Å²) in [6, 6.07) is 6.82. The molecule has 3 unspecified atom stereocenters. The molecule has 0 aliphatic heterocycles. The molecule has 1 aliphatic carbocycles. The first-order chi connectivity index (χ1) is 10.6. The maximum absolute atomic E-state index is 13.2. The van der Waals surface area contributed by atoms with Crippen molar-refractivity contribution in [1.82, 2.24) is 5.32 Å². The van der Waals surface area contributed by atoms with Crippen LogP contribution in [0.5, 0.6) is 0 Å². The van der Waals surface area contributed by atoms with E-state index in [-0.39, 0.29) is 36.1 Å². The number of amides is 1. The van der Waals surface area contributed by atoms with Crippen molar-refractivity contribution >= 4 is 18.3 Å². The van der Waals surface area contributed by atoms with E-state index >= 15 is 0 Å². The Morgan fingerprint density at radius 3 is 2.83 bits per heavy atom. The zero-order valence-corrected chi connectivity index (χ0v) is 14.6. The van der Waals surface area contributed by atoms with E-state index in [0.717, 1.165) is 31.2 Å². The number of rotatable bonds is 6. The summed E-state index contributed by atoms with van der Waals surface area (Å²) in [6.45, 7) is 2.58. The maximum Gasteiger partial charge on any atom is 0.223 e. The molecule has 3 atom stereocenters. The van der Waals surface area contributed by atoms with Crippen LogP contribution in [0.25, 0.3) is 0 Å². The largest absolute Gasteiger partial charge is 0.353 e. The van der Waals surface area contributed by atoms with Gasteiger partial charge in [0.1, 0.15) is 5.82 Å². The molecule has 2 rings (SSSR count). The molecule has 1 aliphatic rings. The van der Waals surface area contributed by atoms with Crippen LogP contribution in [0.1, 0.15) is 44.6 Å². The minimum atomic E-state index is -0.220. The lowest BCUT2D eigenvalue weighted by atomic mass is 9.84. The number of hydrogen-bond donors (Lipinski definition) is 2. The van der Waals surface area contributed by atoms with Crippen molar-refractivity contribution in [2.24, 2.45) is 17.6 Å². The minimum absolute atomic E-state index is 0. The van der Waals surface area contributed by atoms with Crippen LogP contribution in [0.3, 0.4) is 0 Å². The Morgan fingerprint density at radius 1 is 1.39 bits per heavy atom. The molecular weight excluding hydrogens is 315 g/mol. The van der Waals surface area contributed by atoms with Gasteiger partial charge in [0.2, 0.25) is 5.91 Å². The van der Waals surface area contributed by atoms with E-state index in [1.165, 1.54) is 25.0 Å². The number of nitrogens with one attached hydrogen (secondary N) is 1. The standard InChI is InChI=1S/C18H27FN2O.ClH/c1-13(9-10-14-5-4-7-16(19)11-14)18(22)21-17-8-3-2-6-15(17)12-20;/h4-5,7,11,13,15,17H,2-3,6,8-10,12,20H2,1H3,(H,21,22);1H. The summed E-state index contributed by atoms with van der Waals surface area (Å²) in [5, 5.41) is 3.17. The third kappa shape index (κ3) is 6.11. The summed E-state index contributed by atoms with van der Waals surface area (Å²) >= 11 is 0. The Kier molecular flexibility index (Phi) is 8.56. The van der Waals surface area contributed by atoms with Gasteiger partial charge in [0.15, 0.2) is 0 Å². The predicted octanol–water partition coefficient (Wildman–Crippen LogP) is 3.45. The number of halogens is 2. The molecule has 1 fully saturated rings. The van der Waals surface area contributed by atoms with Crippen molar-refractivity contribution in [2.75, 3.05) is 6.54 Å². The molecule has 3 nitrogen and oxygen atoms in total. The van der Waals surface area contributed by atoms with Gasteiger partial charge in [-0.05, 0) is 55.8 Å². The van der Waals surface area contributed by atoms with E-state index in [2.05, 4.69) is 5.32 Å². The zero-order chi connectivity index (χ0) is 15.9. The monoisotopic (exact) mass is 342 g/mol. The Balaban J connectivity index is 0.00000264. The van der Waals surface area contributed by atoms with Crippen LogP contribution in [0, 0.1) is 17.7 Å². The fraction of sp³-hybridized carbons (Fsp3) is 0.611. The lowest BCUT2D eigenvalue weighted by Crippen LogP contribution is -2.46. The Labute approximate surface area is 144 Å². The van der Waals surface area contributed by atoms with Crippen LogP contribution in [-0.2, 0) is 11.2 Å². The van der Waals surface area contributed by atoms with Gasteiger partial charge in [-0.15, -0.1) is 12.4 Å². The highest BCUT2D eigenvalue weighted by Gasteiger charge is 2.26. The molecule has 1 aromatic rings. The summed E-state index contributed by atoms with van der Waals surface area (Å²) in [7, 11) is 0. The summed E-state index contributed by atoms with van der Waals surface area (Å²) < 4.78 is 13.2. The molecule has 1 aromatic carbocycles. The van der Waals surface area contributed by atoms with Gasteiger partial charge in [0.25, 0.3) is 0 Å². The Bertz CT molecular complexity index is 498. The quantitative estimate of drug-likeness (QED) is 0.832. The van der Waals surface area contributed by atoms with E-state index in [0.29, 0.717) is 12.5 Å². The molecule has 130 valence electrons. The van der Waals surface area contributed by atoms with Gasteiger partial charge in [-0.25, -0.2) is 4.39 Å². The Hall–Kier alpha value is -1.13. The molecule has 0 saturated heterocycles. The highest BCUT2D eigenvalue weighted by atomic mass is 35.5. The highest BCUT2D eigenvalue weighted by molar-refractivity contribution is 5.85. The first-order valence-corrected chi connectivity index (χ1v) is 8.35. The van der Waals surface area contributed by atoms with Crippen molar-refractivity contribution in [3.05, 3.63) is 35.6 Å². The SMILES string of the molecule is CC(CCc1cccc(F)c1)C(=O)NC1CCCCC1CN.Cl. The summed E-state index contributed by atoms with van der Waals surface area (Å²) in [4.78, 5) is 12.3. The van der Waals surface area contributed by atoms with E-state index in [1.54, 1.807) is 6.07 Å². The molecule has 5 heteroatoms. The number of nitrogens with two attached hydrogens (primary N) is 1. The van der Waals surface area contributed by atoms with Crippen molar-refractivity contribution in [3.8, 4) is 0 Å². The van der Waals surface area contributed by atoms with Gasteiger partial charge in [-0.1, -0.05) is 31.9 Å². The van der Waals surface area contributed by atoms with Gasteiger partial charge >= 0.3 is 0 Å². The molecule has 0 aromatic heterocycles. The molecule has 3 N–H and O–H groups in total. The van der Waals surface area contributed by atoms with Crippen molar-refractivity contribution < 1.29 is 9.18 Å². The van der Waals surface area contributed by atoms with Crippen molar-refractivity contribution in [3.63, 3.8) is 0 Å². The predicted molar refractivity (Wildman–Crippen MR) is 94.1 cm³/mol. The fourth-order valence-electron chi connectivity index (χ4n) is 3.21. The van der Waals surface area contributed by atoms with E-state index in [9.17, 15) is 9.18 Å². The Morgan fingerprint density at radius 2 is 2.13 bits per heavy atom. The van der Waals surface area contributed by atoms with Gasteiger partial charge in [0.05, 0.1) is 0 Å². The minimum Gasteiger partial charge on any atom is -0.353 e. The van der Waals surface area contributed by atoms with Crippen LogP contribution < -0.4 is 11.1 Å². The zero-order valence-electron chi connectivity index (χ0n) is 13.8. The number of hydrogen-bond acceptors (Lipinski definition) is 2. The van der Waals surface area contributed by atoms with Gasteiger partial charge in [0, 0.05) is 12.0 Å². The second-order valence-corrected chi connectivity index (χ2v) is 6.46. The van der Waals surface area contributed by atoms with Crippen LogP contribution in [0.4, 0.5) is 4.39 Å². The molecule has 0 radical (unpaired) electrons. The average molecular weight is 343 g/mol. The molecule has 23 heavy (non-hydrogen) atoms. The number of carbonyl (C=O) groups is 1. The van der Waals surface area contributed by atoms with Gasteiger partial charge < -0.3 is 11.1 Å². The van der Waals surface area contributed by atoms with Crippen LogP contribution >= 0.6 is 12.4 Å². The van der Waals surface area contributed by atoms with E-state index < -0.39 is 0 Å². The van der Waals surface area contributed by atoms with E-state index in [4.69, 9.17) is 5.73 Å². The van der Waals surface area contributed by atoms with Crippen molar-refractivity contribution in [1.29, 1.82) is 0 Å². The molecule has 1 amide bonds. The lowest BCUT2D eigenvalue weighted by molar-refractivity contribution is -0.126. The number of benzene rings is 1. The van der Waals surface area contributed by atoms with Crippen LogP contribution in [-0.4, -0.2) is 18.5 Å². The second kappa shape index (κ2) is 9.89. The lowest BCUT2D eigenvalue weighted by Gasteiger charge is -2.32. The molecule has 0 spiro atoms. The van der Waals surface area contributed by atoms with Crippen molar-refractivity contribution in [2.45, 2.75) is 51.5 Å².